The van der Waals surface area contributed by atoms with E-state index in [4.69, 9.17) is 16.3 Å². The minimum atomic E-state index is 0.112. The molecule has 1 aliphatic rings. The van der Waals surface area contributed by atoms with Crippen molar-refractivity contribution in [1.29, 1.82) is 0 Å². The number of halogens is 1. The van der Waals surface area contributed by atoms with Crippen LogP contribution in [0.1, 0.15) is 23.1 Å². The molecule has 0 amide bonds. The monoisotopic (exact) mass is 248 g/mol. The number of hydrogen-bond donors (Lipinski definition) is 0. The Hall–Kier alpha value is -1.32. The average Bonchev–Trinajstić information content (AvgIpc) is 2.81. The maximum Gasteiger partial charge on any atom is 0.101 e. The van der Waals surface area contributed by atoms with E-state index in [1.54, 1.807) is 0 Å². The van der Waals surface area contributed by atoms with E-state index in [0.29, 0.717) is 12.5 Å². The first-order chi connectivity index (χ1) is 8.38. The third kappa shape index (κ3) is 1.96. The van der Waals surface area contributed by atoms with Gasteiger partial charge < -0.3 is 9.30 Å². The van der Waals surface area contributed by atoms with Gasteiger partial charge in [0.1, 0.15) is 6.10 Å². The lowest BCUT2D eigenvalue weighted by Gasteiger charge is -2.25. The zero-order chi connectivity index (χ0) is 11.7. The molecule has 1 aromatic heterocycles. The van der Waals surface area contributed by atoms with E-state index in [-0.39, 0.29) is 6.10 Å². The van der Waals surface area contributed by atoms with Gasteiger partial charge in [-0.25, -0.2) is 4.98 Å². The Kier molecular flexibility index (Phi) is 2.87. The van der Waals surface area contributed by atoms with Crippen molar-refractivity contribution in [2.24, 2.45) is 0 Å². The van der Waals surface area contributed by atoms with Crippen LogP contribution >= 0.6 is 11.6 Å². The van der Waals surface area contributed by atoms with Crippen LogP contribution in [0, 0.1) is 0 Å². The van der Waals surface area contributed by atoms with E-state index in [1.807, 2.05) is 24.5 Å². The summed E-state index contributed by atoms with van der Waals surface area (Å²) in [5.74, 6) is 0.446. The average molecular weight is 249 g/mol. The van der Waals surface area contributed by atoms with Crippen molar-refractivity contribution >= 4 is 11.6 Å². The second-order valence-electron chi connectivity index (χ2n) is 4.13. The van der Waals surface area contributed by atoms with Crippen molar-refractivity contribution in [3.8, 4) is 0 Å². The van der Waals surface area contributed by atoms with Gasteiger partial charge in [0, 0.05) is 0 Å². The van der Waals surface area contributed by atoms with E-state index in [1.165, 1.54) is 5.56 Å². The summed E-state index contributed by atoms with van der Waals surface area (Å²) in [7, 11) is 0. The summed E-state index contributed by atoms with van der Waals surface area (Å²) in [6.45, 7) is 1.39. The van der Waals surface area contributed by atoms with Gasteiger partial charge in [-0.15, -0.1) is 11.6 Å². The number of imidazole rings is 1. The normalized spacial score (nSPS) is 19.0. The largest absolute Gasteiger partial charge is 0.365 e. The number of alkyl halides is 1. The summed E-state index contributed by atoms with van der Waals surface area (Å²) in [5.41, 5.74) is 3.24. The Morgan fingerprint density at radius 3 is 2.94 bits per heavy atom. The molecular formula is C13H13ClN2O. The van der Waals surface area contributed by atoms with Gasteiger partial charge in [0.05, 0.1) is 36.7 Å². The van der Waals surface area contributed by atoms with Gasteiger partial charge >= 0.3 is 0 Å². The third-order valence-corrected chi connectivity index (χ3v) is 3.37. The van der Waals surface area contributed by atoms with Crippen LogP contribution in [0.2, 0.25) is 0 Å². The second kappa shape index (κ2) is 4.51. The van der Waals surface area contributed by atoms with E-state index in [0.717, 1.165) is 17.9 Å². The van der Waals surface area contributed by atoms with Crippen LogP contribution in [-0.2, 0) is 23.8 Å². The number of fused-ring (bicyclic) bond motifs is 1. The fourth-order valence-electron chi connectivity index (χ4n) is 2.16. The molecule has 1 atom stereocenters. The van der Waals surface area contributed by atoms with Crippen LogP contribution in [0.5, 0.6) is 0 Å². The summed E-state index contributed by atoms with van der Waals surface area (Å²) in [4.78, 5) is 4.30. The molecule has 1 unspecified atom stereocenters. The molecule has 2 heterocycles. The molecule has 1 aliphatic heterocycles. The lowest BCUT2D eigenvalue weighted by Crippen LogP contribution is -2.20. The second-order valence-corrected chi connectivity index (χ2v) is 4.40. The van der Waals surface area contributed by atoms with Gasteiger partial charge in [-0.3, -0.25) is 0 Å². The number of nitrogens with zero attached hydrogens (tertiary/aromatic N) is 2. The maximum atomic E-state index is 5.87. The standard InChI is InChI=1S/C13H13ClN2O/c14-6-11-12-8-17-13(7-16(12)9-15-11)10-4-2-1-3-5-10/h1-5,9,13H,6-8H2. The number of aromatic nitrogens is 2. The predicted octanol–water partition coefficient (Wildman–Crippen LogP) is 2.89. The number of ether oxygens (including phenoxy) is 1. The molecule has 0 spiro atoms. The Labute approximate surface area is 105 Å². The highest BCUT2D eigenvalue weighted by atomic mass is 35.5. The van der Waals surface area contributed by atoms with Gasteiger partial charge in [0.15, 0.2) is 0 Å². The molecule has 0 saturated heterocycles. The molecule has 3 rings (SSSR count). The fourth-order valence-corrected chi connectivity index (χ4v) is 2.39. The van der Waals surface area contributed by atoms with Gasteiger partial charge in [-0.2, -0.15) is 0 Å². The minimum absolute atomic E-state index is 0.112. The minimum Gasteiger partial charge on any atom is -0.365 e. The molecule has 88 valence electrons. The highest BCUT2D eigenvalue weighted by Gasteiger charge is 2.22. The highest BCUT2D eigenvalue weighted by Crippen LogP contribution is 2.27. The van der Waals surface area contributed by atoms with Crippen molar-refractivity contribution in [3.05, 3.63) is 53.6 Å². The third-order valence-electron chi connectivity index (χ3n) is 3.11. The molecule has 3 nitrogen and oxygen atoms in total. The van der Waals surface area contributed by atoms with Gasteiger partial charge in [0.2, 0.25) is 0 Å². The van der Waals surface area contributed by atoms with Crippen molar-refractivity contribution in [1.82, 2.24) is 9.55 Å². The van der Waals surface area contributed by atoms with Crippen molar-refractivity contribution in [3.63, 3.8) is 0 Å². The van der Waals surface area contributed by atoms with Crippen molar-refractivity contribution in [2.75, 3.05) is 0 Å². The molecule has 4 heteroatoms. The predicted molar refractivity (Wildman–Crippen MR) is 65.8 cm³/mol. The number of rotatable bonds is 2. The summed E-state index contributed by atoms with van der Waals surface area (Å²) < 4.78 is 8.01. The zero-order valence-corrected chi connectivity index (χ0v) is 10.1. The molecule has 0 fully saturated rings. The molecule has 1 aromatic carbocycles. The Morgan fingerprint density at radius 1 is 1.35 bits per heavy atom. The van der Waals surface area contributed by atoms with E-state index >= 15 is 0 Å². The lowest BCUT2D eigenvalue weighted by atomic mass is 10.1. The van der Waals surface area contributed by atoms with Crippen LogP contribution in [0.25, 0.3) is 0 Å². The topological polar surface area (TPSA) is 27.1 Å². The first-order valence-corrected chi connectivity index (χ1v) is 6.17. The molecular weight excluding hydrogens is 236 g/mol. The van der Waals surface area contributed by atoms with Crippen LogP contribution in [0.15, 0.2) is 36.7 Å². The fraction of sp³-hybridized carbons (Fsp3) is 0.308. The molecule has 0 saturated carbocycles. The van der Waals surface area contributed by atoms with E-state index in [2.05, 4.69) is 21.7 Å². The van der Waals surface area contributed by atoms with Gasteiger partial charge in [-0.1, -0.05) is 30.3 Å². The lowest BCUT2D eigenvalue weighted by molar-refractivity contribution is 0.00267. The Morgan fingerprint density at radius 2 is 2.18 bits per heavy atom. The molecule has 0 radical (unpaired) electrons. The van der Waals surface area contributed by atoms with Crippen molar-refractivity contribution < 1.29 is 4.74 Å². The van der Waals surface area contributed by atoms with E-state index < -0.39 is 0 Å². The maximum absolute atomic E-state index is 5.87. The summed E-state index contributed by atoms with van der Waals surface area (Å²) >= 11 is 5.83. The first-order valence-electron chi connectivity index (χ1n) is 5.64. The first kappa shape index (κ1) is 10.8. The van der Waals surface area contributed by atoms with Gasteiger partial charge in [0.25, 0.3) is 0 Å². The SMILES string of the molecule is ClCc1ncn2c1COC(c1ccccc1)C2. The zero-order valence-electron chi connectivity index (χ0n) is 9.34. The van der Waals surface area contributed by atoms with Crippen LogP contribution < -0.4 is 0 Å². The molecule has 0 N–H and O–H groups in total. The molecule has 0 aliphatic carbocycles. The van der Waals surface area contributed by atoms with Gasteiger partial charge in [-0.05, 0) is 5.56 Å². The summed E-state index contributed by atoms with van der Waals surface area (Å²) in [6.07, 6.45) is 1.96. The molecule has 0 bridgehead atoms. The number of hydrogen-bond acceptors (Lipinski definition) is 2. The van der Waals surface area contributed by atoms with E-state index in [9.17, 15) is 0 Å². The molecule has 17 heavy (non-hydrogen) atoms. The molecule has 2 aromatic rings. The smallest absolute Gasteiger partial charge is 0.101 e. The highest BCUT2D eigenvalue weighted by molar-refractivity contribution is 6.16. The quantitative estimate of drug-likeness (QED) is 0.764. The van der Waals surface area contributed by atoms with Crippen LogP contribution in [0.3, 0.4) is 0 Å². The number of benzene rings is 1. The Balaban J connectivity index is 1.86. The van der Waals surface area contributed by atoms with Crippen LogP contribution in [0.4, 0.5) is 0 Å². The Bertz CT molecular complexity index is 509. The van der Waals surface area contributed by atoms with Crippen molar-refractivity contribution in [2.45, 2.75) is 25.1 Å². The summed E-state index contributed by atoms with van der Waals surface area (Å²) in [5, 5.41) is 0. The summed E-state index contributed by atoms with van der Waals surface area (Å²) in [6, 6.07) is 10.3. The van der Waals surface area contributed by atoms with Crippen LogP contribution in [-0.4, -0.2) is 9.55 Å².